The van der Waals surface area contributed by atoms with Crippen LogP contribution in [0.1, 0.15) is 41.9 Å². The summed E-state index contributed by atoms with van der Waals surface area (Å²) in [6, 6.07) is 16.9. The Balaban J connectivity index is 1.72. The van der Waals surface area contributed by atoms with E-state index >= 15 is 0 Å². The molecule has 2 heterocycles. The molecule has 0 aliphatic rings. The van der Waals surface area contributed by atoms with Gasteiger partial charge in [0.05, 0.1) is 22.5 Å². The van der Waals surface area contributed by atoms with Gasteiger partial charge in [0.25, 0.3) is 5.56 Å². The third-order valence-corrected chi connectivity index (χ3v) is 5.84. The highest BCUT2D eigenvalue weighted by Gasteiger charge is 2.25. The molecule has 1 N–H and O–H groups in total. The van der Waals surface area contributed by atoms with Crippen molar-refractivity contribution in [3.05, 3.63) is 87.5 Å². The zero-order chi connectivity index (χ0) is 22.8. The van der Waals surface area contributed by atoms with E-state index in [0.717, 1.165) is 22.5 Å². The highest BCUT2D eigenvalue weighted by molar-refractivity contribution is 5.84. The molecule has 0 saturated heterocycles. The van der Waals surface area contributed by atoms with E-state index in [1.807, 2.05) is 82.3 Å². The number of nitrogens with zero attached hydrogens (tertiary/aromatic N) is 4. The lowest BCUT2D eigenvalue weighted by molar-refractivity contribution is -0.125. The third kappa shape index (κ3) is 3.82. The molecule has 0 fully saturated rings. The number of rotatable bonds is 6. The summed E-state index contributed by atoms with van der Waals surface area (Å²) in [6.45, 7) is 7.98. The zero-order valence-electron chi connectivity index (χ0n) is 18.8. The summed E-state index contributed by atoms with van der Waals surface area (Å²) in [5.41, 5.74) is 4.62. The number of aromatic nitrogens is 4. The van der Waals surface area contributed by atoms with Crippen LogP contribution in [0.25, 0.3) is 16.6 Å². The van der Waals surface area contributed by atoms with Crippen LogP contribution in [0.4, 0.5) is 0 Å². The molecule has 0 spiro atoms. The van der Waals surface area contributed by atoms with Crippen molar-refractivity contribution in [2.24, 2.45) is 0 Å². The smallest absolute Gasteiger partial charge is 0.278 e. The second kappa shape index (κ2) is 8.78. The summed E-state index contributed by atoms with van der Waals surface area (Å²) in [6.07, 6.45) is 0.448. The Kier molecular flexibility index (Phi) is 5.90. The van der Waals surface area contributed by atoms with Crippen molar-refractivity contribution in [3.8, 4) is 5.69 Å². The molecular formula is C25H27N5O2. The molecule has 7 heteroatoms. The maximum atomic E-state index is 13.4. The monoisotopic (exact) mass is 429 g/mol. The van der Waals surface area contributed by atoms with Gasteiger partial charge < -0.3 is 5.32 Å². The van der Waals surface area contributed by atoms with E-state index < -0.39 is 6.04 Å². The standard InChI is InChI=1S/C25H27N5O2/c1-5-21(24(31)26-15-19-12-10-9-11-16(19)2)30-25(32)22-18(4)29(20-13-7-6-8-14-20)28-23(22)17(3)27-30/h6-14,21H,5,15H2,1-4H3,(H,26,31)/t21-/m0/s1. The minimum absolute atomic E-state index is 0.225. The number of benzene rings is 2. The van der Waals surface area contributed by atoms with Gasteiger partial charge in [-0.3, -0.25) is 9.59 Å². The fourth-order valence-corrected chi connectivity index (χ4v) is 3.99. The first kappa shape index (κ1) is 21.5. The first-order valence-corrected chi connectivity index (χ1v) is 10.8. The summed E-state index contributed by atoms with van der Waals surface area (Å²) >= 11 is 0. The van der Waals surface area contributed by atoms with Gasteiger partial charge in [0.1, 0.15) is 11.6 Å². The SMILES string of the molecule is CC[C@@H](C(=O)NCc1ccccc1C)n1nc(C)c2nn(-c3ccccc3)c(C)c2c1=O. The molecule has 0 aliphatic carbocycles. The Bertz CT molecular complexity index is 1340. The predicted molar refractivity (Wildman–Crippen MR) is 125 cm³/mol. The van der Waals surface area contributed by atoms with Gasteiger partial charge in [-0.1, -0.05) is 49.4 Å². The van der Waals surface area contributed by atoms with Crippen LogP contribution in [0.5, 0.6) is 0 Å². The quantitative estimate of drug-likeness (QED) is 0.506. The molecule has 4 aromatic rings. The Labute approximate surface area is 186 Å². The van der Waals surface area contributed by atoms with Crippen molar-refractivity contribution in [2.75, 3.05) is 0 Å². The lowest BCUT2D eigenvalue weighted by Crippen LogP contribution is -2.38. The van der Waals surface area contributed by atoms with E-state index in [1.54, 1.807) is 4.68 Å². The Morgan fingerprint density at radius 2 is 1.69 bits per heavy atom. The highest BCUT2D eigenvalue weighted by atomic mass is 16.2. The topological polar surface area (TPSA) is 81.8 Å². The van der Waals surface area contributed by atoms with Crippen LogP contribution in [0.2, 0.25) is 0 Å². The zero-order valence-corrected chi connectivity index (χ0v) is 18.8. The van der Waals surface area contributed by atoms with E-state index in [0.29, 0.717) is 29.6 Å². The number of hydrogen-bond donors (Lipinski definition) is 1. The maximum Gasteiger partial charge on any atom is 0.278 e. The minimum Gasteiger partial charge on any atom is -0.350 e. The molecule has 1 amide bonds. The number of carbonyl (C=O) groups is 1. The third-order valence-electron chi connectivity index (χ3n) is 5.84. The number of amides is 1. The van der Waals surface area contributed by atoms with Crippen LogP contribution in [-0.4, -0.2) is 25.5 Å². The van der Waals surface area contributed by atoms with Crippen molar-refractivity contribution in [1.82, 2.24) is 24.9 Å². The molecule has 0 bridgehead atoms. The van der Waals surface area contributed by atoms with E-state index in [1.165, 1.54) is 4.68 Å². The van der Waals surface area contributed by atoms with Crippen LogP contribution < -0.4 is 10.9 Å². The maximum absolute atomic E-state index is 13.4. The van der Waals surface area contributed by atoms with Gasteiger partial charge in [-0.05, 0) is 50.5 Å². The molecule has 32 heavy (non-hydrogen) atoms. The molecule has 0 unspecified atom stereocenters. The Hall–Kier alpha value is -3.74. The van der Waals surface area contributed by atoms with Crippen LogP contribution in [-0.2, 0) is 11.3 Å². The first-order valence-electron chi connectivity index (χ1n) is 10.8. The van der Waals surface area contributed by atoms with Gasteiger partial charge in [0.15, 0.2) is 0 Å². The number of para-hydroxylation sites is 1. The van der Waals surface area contributed by atoms with E-state index in [-0.39, 0.29) is 11.5 Å². The number of fused-ring (bicyclic) bond motifs is 1. The largest absolute Gasteiger partial charge is 0.350 e. The van der Waals surface area contributed by atoms with Crippen LogP contribution >= 0.6 is 0 Å². The number of nitrogens with one attached hydrogen (secondary N) is 1. The van der Waals surface area contributed by atoms with Crippen molar-refractivity contribution in [3.63, 3.8) is 0 Å². The molecule has 164 valence electrons. The van der Waals surface area contributed by atoms with Gasteiger partial charge in [0.2, 0.25) is 5.91 Å². The van der Waals surface area contributed by atoms with E-state index in [9.17, 15) is 9.59 Å². The summed E-state index contributed by atoms with van der Waals surface area (Å²) in [5, 5.41) is 12.6. The molecule has 4 rings (SSSR count). The second-order valence-electron chi connectivity index (χ2n) is 7.96. The molecule has 1 atom stereocenters. The summed E-state index contributed by atoms with van der Waals surface area (Å²) in [5.74, 6) is -0.225. The van der Waals surface area contributed by atoms with Gasteiger partial charge in [-0.2, -0.15) is 10.2 Å². The van der Waals surface area contributed by atoms with Crippen LogP contribution in [0.3, 0.4) is 0 Å². The fraction of sp³-hybridized carbons (Fsp3) is 0.280. The van der Waals surface area contributed by atoms with Crippen molar-refractivity contribution in [1.29, 1.82) is 0 Å². The van der Waals surface area contributed by atoms with E-state index in [2.05, 4.69) is 15.5 Å². The van der Waals surface area contributed by atoms with Crippen molar-refractivity contribution in [2.45, 2.75) is 46.7 Å². The molecule has 2 aromatic heterocycles. The fourth-order valence-electron chi connectivity index (χ4n) is 3.99. The minimum atomic E-state index is -0.700. The average molecular weight is 430 g/mol. The number of carbonyl (C=O) groups excluding carboxylic acids is 1. The Morgan fingerprint density at radius 1 is 1.00 bits per heavy atom. The summed E-state index contributed by atoms with van der Waals surface area (Å²) in [4.78, 5) is 26.5. The summed E-state index contributed by atoms with van der Waals surface area (Å²) < 4.78 is 3.07. The molecule has 0 aliphatic heterocycles. The normalized spacial score (nSPS) is 12.1. The van der Waals surface area contributed by atoms with Gasteiger partial charge in [-0.25, -0.2) is 9.36 Å². The van der Waals surface area contributed by atoms with Crippen LogP contribution in [0.15, 0.2) is 59.4 Å². The molecule has 2 aromatic carbocycles. The van der Waals surface area contributed by atoms with Gasteiger partial charge >= 0.3 is 0 Å². The lowest BCUT2D eigenvalue weighted by Gasteiger charge is -2.18. The molecule has 0 saturated carbocycles. The van der Waals surface area contributed by atoms with Gasteiger partial charge in [-0.15, -0.1) is 0 Å². The lowest BCUT2D eigenvalue weighted by atomic mass is 10.1. The molecule has 0 radical (unpaired) electrons. The first-order chi connectivity index (χ1) is 15.4. The number of aryl methyl sites for hydroxylation is 3. The predicted octanol–water partition coefficient (Wildman–Crippen LogP) is 3.77. The van der Waals surface area contributed by atoms with Crippen molar-refractivity contribution >= 4 is 16.8 Å². The number of hydrogen-bond acceptors (Lipinski definition) is 4. The summed E-state index contributed by atoms with van der Waals surface area (Å²) in [7, 11) is 0. The van der Waals surface area contributed by atoms with E-state index in [4.69, 9.17) is 0 Å². The molecule has 7 nitrogen and oxygen atoms in total. The average Bonchev–Trinajstić information content (AvgIpc) is 3.15. The van der Waals surface area contributed by atoms with Gasteiger partial charge in [0, 0.05) is 6.54 Å². The van der Waals surface area contributed by atoms with Crippen LogP contribution in [0, 0.1) is 20.8 Å². The second-order valence-corrected chi connectivity index (χ2v) is 7.96. The highest BCUT2D eigenvalue weighted by Crippen LogP contribution is 2.21. The molecular weight excluding hydrogens is 402 g/mol. The Morgan fingerprint density at radius 3 is 2.38 bits per heavy atom. The van der Waals surface area contributed by atoms with Crippen molar-refractivity contribution < 1.29 is 4.79 Å².